The van der Waals surface area contributed by atoms with E-state index in [1.807, 2.05) is 0 Å². The maximum absolute atomic E-state index is 14.4. The number of hydrogen-bond donors (Lipinski definition) is 3. The minimum atomic E-state index is -0.469. The summed E-state index contributed by atoms with van der Waals surface area (Å²) in [5, 5.41) is 6.36. The second-order valence-electron chi connectivity index (χ2n) is 7.24. The van der Waals surface area contributed by atoms with Gasteiger partial charge in [0.25, 0.3) is 0 Å². The number of fused-ring (bicyclic) bond motifs is 1. The van der Waals surface area contributed by atoms with Crippen LogP contribution >= 0.6 is 12.6 Å². The first-order chi connectivity index (χ1) is 16.0. The Kier molecular flexibility index (Phi) is 9.00. The second-order valence-corrected chi connectivity index (χ2v) is 7.56. The molecule has 0 unspecified atom stereocenters. The summed E-state index contributed by atoms with van der Waals surface area (Å²) in [4.78, 5) is 15.6. The van der Waals surface area contributed by atoms with Gasteiger partial charge in [0.15, 0.2) is 23.1 Å². The van der Waals surface area contributed by atoms with E-state index in [0.717, 1.165) is 19.3 Å². The molecule has 33 heavy (non-hydrogen) atoms. The lowest BCUT2D eigenvalue weighted by Crippen LogP contribution is -2.25. The summed E-state index contributed by atoms with van der Waals surface area (Å²) < 4.78 is 31.7. The van der Waals surface area contributed by atoms with Gasteiger partial charge in [-0.15, -0.1) is 0 Å². The number of benzene rings is 2. The topological polar surface area (TPSA) is 81.7 Å². The lowest BCUT2D eigenvalue weighted by molar-refractivity contribution is -0.118. The van der Waals surface area contributed by atoms with E-state index in [9.17, 15) is 9.18 Å². The molecule has 0 fully saturated rings. The Bertz CT molecular complexity index is 1100. The van der Waals surface area contributed by atoms with E-state index in [0.29, 0.717) is 47.0 Å². The van der Waals surface area contributed by atoms with E-state index < -0.39 is 5.82 Å². The number of pyridine rings is 1. The predicted octanol–water partition coefficient (Wildman–Crippen LogP) is 4.81. The van der Waals surface area contributed by atoms with Crippen molar-refractivity contribution < 1.29 is 23.4 Å². The zero-order chi connectivity index (χ0) is 23.6. The van der Waals surface area contributed by atoms with E-state index in [2.05, 4.69) is 28.2 Å². The van der Waals surface area contributed by atoms with Gasteiger partial charge in [-0.2, -0.15) is 12.6 Å². The van der Waals surface area contributed by atoms with Crippen LogP contribution < -0.4 is 24.8 Å². The first-order valence-corrected chi connectivity index (χ1v) is 11.3. The van der Waals surface area contributed by atoms with Crippen LogP contribution in [0.3, 0.4) is 0 Å². The number of halogens is 1. The zero-order valence-electron chi connectivity index (χ0n) is 18.7. The van der Waals surface area contributed by atoms with Gasteiger partial charge < -0.3 is 24.8 Å². The Morgan fingerprint density at radius 2 is 1.91 bits per heavy atom. The molecular formula is C24H28FN3O4S. The molecule has 176 valence electrons. The number of ether oxygens (including phenoxy) is 3. The van der Waals surface area contributed by atoms with Gasteiger partial charge in [0, 0.05) is 43.0 Å². The van der Waals surface area contributed by atoms with E-state index in [1.165, 1.54) is 6.07 Å². The molecule has 0 saturated carbocycles. The number of nitrogens with zero attached hydrogens (tertiary/aromatic N) is 1. The third-order valence-electron chi connectivity index (χ3n) is 4.97. The maximum Gasteiger partial charge on any atom is 0.229 e. The van der Waals surface area contributed by atoms with Gasteiger partial charge in [-0.3, -0.25) is 9.78 Å². The van der Waals surface area contributed by atoms with E-state index in [4.69, 9.17) is 14.2 Å². The molecule has 1 aromatic heterocycles. The minimum absolute atomic E-state index is 0.0657. The van der Waals surface area contributed by atoms with Crippen molar-refractivity contribution in [2.45, 2.75) is 19.3 Å². The molecule has 0 aliphatic rings. The molecule has 0 atom stereocenters. The van der Waals surface area contributed by atoms with Crippen LogP contribution in [0.15, 0.2) is 42.6 Å². The molecule has 2 aromatic carbocycles. The molecular weight excluding hydrogens is 445 g/mol. The largest absolute Gasteiger partial charge is 0.493 e. The Labute approximate surface area is 198 Å². The highest BCUT2D eigenvalue weighted by Gasteiger charge is 2.14. The van der Waals surface area contributed by atoms with E-state index >= 15 is 0 Å². The Morgan fingerprint density at radius 1 is 1.06 bits per heavy atom. The average molecular weight is 474 g/mol. The highest BCUT2D eigenvalue weighted by molar-refractivity contribution is 7.81. The molecule has 3 aromatic rings. The number of unbranched alkanes of at least 4 members (excludes halogenated alkanes) is 2. The Balaban J connectivity index is 1.67. The lowest BCUT2D eigenvalue weighted by Gasteiger charge is -2.14. The monoisotopic (exact) mass is 473 g/mol. The average Bonchev–Trinajstić information content (AvgIpc) is 2.84. The molecule has 0 saturated heterocycles. The Hall–Kier alpha value is -3.20. The number of anilines is 1. The van der Waals surface area contributed by atoms with Crippen molar-refractivity contribution in [3.8, 4) is 23.0 Å². The fourth-order valence-corrected chi connectivity index (χ4v) is 3.33. The van der Waals surface area contributed by atoms with Crippen molar-refractivity contribution in [1.29, 1.82) is 0 Å². The summed E-state index contributed by atoms with van der Waals surface area (Å²) in [6, 6.07) is 9.93. The van der Waals surface area contributed by atoms with Crippen molar-refractivity contribution in [2.24, 2.45) is 0 Å². The fraction of sp³-hybridized carbons (Fsp3) is 0.333. The number of amides is 1. The molecule has 0 aliphatic carbocycles. The normalized spacial score (nSPS) is 10.7. The number of carbonyl (C=O) groups is 1. The maximum atomic E-state index is 14.4. The lowest BCUT2D eigenvalue weighted by atomic mass is 10.1. The number of methoxy groups -OCH3 is 1. The predicted molar refractivity (Wildman–Crippen MR) is 131 cm³/mol. The highest BCUT2D eigenvalue weighted by Crippen LogP contribution is 2.37. The molecule has 1 amide bonds. The van der Waals surface area contributed by atoms with Crippen LogP contribution in [0.5, 0.6) is 23.0 Å². The van der Waals surface area contributed by atoms with Crippen LogP contribution in [0.25, 0.3) is 10.9 Å². The van der Waals surface area contributed by atoms with Gasteiger partial charge >= 0.3 is 0 Å². The SMILES string of the molecule is CNc1ccc(Oc2ccnc3cc(OCCCCCNC(=O)CS)c(OC)cc23)c(F)c1. The molecule has 0 aliphatic heterocycles. The second kappa shape index (κ2) is 12.2. The molecule has 3 rings (SSSR count). The molecule has 2 N–H and O–H groups in total. The molecule has 0 bridgehead atoms. The van der Waals surface area contributed by atoms with Crippen LogP contribution in [0.1, 0.15) is 19.3 Å². The van der Waals surface area contributed by atoms with Crippen molar-refractivity contribution in [3.05, 3.63) is 48.4 Å². The van der Waals surface area contributed by atoms with Gasteiger partial charge in [-0.25, -0.2) is 4.39 Å². The van der Waals surface area contributed by atoms with Crippen LogP contribution in [0.2, 0.25) is 0 Å². The smallest absolute Gasteiger partial charge is 0.229 e. The molecule has 7 nitrogen and oxygen atoms in total. The van der Waals surface area contributed by atoms with Gasteiger partial charge in [-0.05, 0) is 43.5 Å². The van der Waals surface area contributed by atoms with E-state index in [-0.39, 0.29) is 17.4 Å². The third-order valence-corrected chi connectivity index (χ3v) is 5.26. The van der Waals surface area contributed by atoms with Gasteiger partial charge in [0.05, 0.1) is 25.0 Å². The number of aromatic nitrogens is 1. The van der Waals surface area contributed by atoms with Gasteiger partial charge in [0.2, 0.25) is 5.91 Å². The summed E-state index contributed by atoms with van der Waals surface area (Å²) in [5.41, 5.74) is 1.30. The van der Waals surface area contributed by atoms with E-state index in [1.54, 1.807) is 50.7 Å². The van der Waals surface area contributed by atoms with Crippen molar-refractivity contribution in [3.63, 3.8) is 0 Å². The van der Waals surface area contributed by atoms with Crippen LogP contribution in [0.4, 0.5) is 10.1 Å². The summed E-state index contributed by atoms with van der Waals surface area (Å²) in [6.45, 7) is 1.13. The summed E-state index contributed by atoms with van der Waals surface area (Å²) >= 11 is 3.93. The standard InChI is InChI=1S/C24H28FN3O4S/c1-26-16-6-7-21(18(25)12-16)32-20-8-10-27-19-14-23(22(30-2)13-17(19)20)31-11-5-3-4-9-28-24(29)15-33/h6-8,10,12-14,26,33H,3-5,9,11,15H2,1-2H3,(H,28,29). The minimum Gasteiger partial charge on any atom is -0.493 e. The quantitative estimate of drug-likeness (QED) is 0.259. The Morgan fingerprint density at radius 3 is 2.64 bits per heavy atom. The van der Waals surface area contributed by atoms with Crippen LogP contribution in [-0.4, -0.2) is 44.0 Å². The number of rotatable bonds is 12. The number of thiol groups is 1. The molecule has 0 spiro atoms. The third kappa shape index (κ3) is 6.64. The first kappa shape index (κ1) is 24.4. The van der Waals surface area contributed by atoms with Gasteiger partial charge in [0.1, 0.15) is 5.75 Å². The summed E-state index contributed by atoms with van der Waals surface area (Å²) in [7, 11) is 3.28. The van der Waals surface area contributed by atoms with Crippen molar-refractivity contribution >= 4 is 35.1 Å². The highest BCUT2D eigenvalue weighted by atomic mass is 32.1. The number of nitrogens with one attached hydrogen (secondary N) is 2. The zero-order valence-corrected chi connectivity index (χ0v) is 19.6. The summed E-state index contributed by atoms with van der Waals surface area (Å²) in [6.07, 6.45) is 4.21. The van der Waals surface area contributed by atoms with Crippen LogP contribution in [0, 0.1) is 5.82 Å². The number of hydrogen-bond acceptors (Lipinski definition) is 7. The van der Waals surface area contributed by atoms with Gasteiger partial charge in [-0.1, -0.05) is 0 Å². The van der Waals surface area contributed by atoms with Crippen molar-refractivity contribution in [1.82, 2.24) is 10.3 Å². The molecule has 1 heterocycles. The molecule has 9 heteroatoms. The first-order valence-electron chi connectivity index (χ1n) is 10.7. The fourth-order valence-electron chi connectivity index (χ4n) is 3.22. The summed E-state index contributed by atoms with van der Waals surface area (Å²) in [5.74, 6) is 1.35. The number of carbonyl (C=O) groups excluding carboxylic acids is 1. The van der Waals surface area contributed by atoms with Crippen molar-refractivity contribution in [2.75, 3.05) is 38.4 Å². The van der Waals surface area contributed by atoms with Crippen LogP contribution in [-0.2, 0) is 4.79 Å². The molecule has 0 radical (unpaired) electrons.